The van der Waals surface area contributed by atoms with E-state index in [0.717, 1.165) is 30.4 Å². The molecule has 3 nitrogen and oxygen atoms in total. The Labute approximate surface area is 109 Å². The first-order valence-electron chi connectivity index (χ1n) is 5.87. The van der Waals surface area contributed by atoms with E-state index < -0.39 is 22.6 Å². The van der Waals surface area contributed by atoms with Crippen molar-refractivity contribution in [3.05, 3.63) is 0 Å². The lowest BCUT2D eigenvalue weighted by Crippen LogP contribution is -2.77. The number of halogens is 1. The number of hydrogen-bond acceptors (Lipinski definition) is 2. The largest absolute Gasteiger partial charge is 0.501 e. The predicted molar refractivity (Wildman–Crippen MR) is 73.5 cm³/mol. The van der Waals surface area contributed by atoms with Crippen molar-refractivity contribution in [2.24, 2.45) is 0 Å². The summed E-state index contributed by atoms with van der Waals surface area (Å²) in [5, 5.41) is 12.7. The maximum atomic E-state index is 11.8. The van der Waals surface area contributed by atoms with Crippen LogP contribution in [-0.4, -0.2) is 38.3 Å². The fourth-order valence-corrected chi connectivity index (χ4v) is 19.0. The number of rotatable bonds is 3. The lowest BCUT2D eigenvalue weighted by molar-refractivity contribution is -0.683. The average Bonchev–Trinajstić information content (AvgIpc) is 2.32. The van der Waals surface area contributed by atoms with Crippen LogP contribution in [-0.2, 0) is 0 Å². The summed E-state index contributed by atoms with van der Waals surface area (Å²) in [6, 6.07) is 2.28. The molecule has 0 aromatic carbocycles. The van der Waals surface area contributed by atoms with Crippen LogP contribution >= 0.6 is 15.9 Å². The lowest BCUT2D eigenvalue weighted by Gasteiger charge is -2.53. The minimum atomic E-state index is -1.74. The van der Waals surface area contributed by atoms with Gasteiger partial charge in [-0.15, -0.1) is 0 Å². The van der Waals surface area contributed by atoms with Crippen LogP contribution in [0, 0.1) is 0 Å². The van der Waals surface area contributed by atoms with Gasteiger partial charge in [-0.05, 0) is 38.3 Å². The monoisotopic (exact) mass is 323 g/mol. The van der Waals surface area contributed by atoms with E-state index in [4.69, 9.17) is 0 Å². The first-order valence-corrected chi connectivity index (χ1v) is 13.3. The topological polar surface area (TPSA) is 40.1 Å². The van der Waals surface area contributed by atoms with Crippen LogP contribution in [0.5, 0.6) is 0 Å². The Morgan fingerprint density at radius 1 is 1.25 bits per heavy atom. The van der Waals surface area contributed by atoms with Crippen LogP contribution in [0.15, 0.2) is 0 Å². The molecule has 0 radical (unpaired) electrons. The highest BCUT2D eigenvalue weighted by molar-refractivity contribution is 9.09. The molecule has 0 aliphatic carbocycles. The summed E-state index contributed by atoms with van der Waals surface area (Å²) in [6.45, 7) is 9.65. The standard InChI is InChI=1S/C10H22BrNO2Si2/c1-15(2)8-9-16(3,4)12(15,10(13)14)7-5-6-11/h5-9H2,1-4H3. The maximum absolute atomic E-state index is 11.8. The van der Waals surface area contributed by atoms with Crippen molar-refractivity contribution >= 4 is 38.5 Å². The fraction of sp³-hybridized carbons (Fsp3) is 0.900. The van der Waals surface area contributed by atoms with Crippen molar-refractivity contribution in [3.8, 4) is 0 Å². The molecule has 1 fully saturated rings. The molecule has 1 amide bonds. The fourth-order valence-electron chi connectivity index (χ4n) is 3.30. The Morgan fingerprint density at radius 2 is 1.69 bits per heavy atom. The SMILES string of the molecule is C[Si]1(C)CC[Si](C)(C)[N+]1(CCCBr)C(=O)[O-]. The minimum Gasteiger partial charge on any atom is -0.501 e. The summed E-state index contributed by atoms with van der Waals surface area (Å²) in [5.41, 5.74) is 0. The summed E-state index contributed by atoms with van der Waals surface area (Å²) in [5.74, 6) is 0. The van der Waals surface area contributed by atoms with Crippen LogP contribution in [0.1, 0.15) is 6.42 Å². The van der Waals surface area contributed by atoms with E-state index in [1.54, 1.807) is 0 Å². The highest BCUT2D eigenvalue weighted by atomic mass is 79.9. The predicted octanol–water partition coefficient (Wildman–Crippen LogP) is 2.36. The third kappa shape index (κ3) is 1.93. The van der Waals surface area contributed by atoms with Gasteiger partial charge in [-0.25, -0.2) is 0 Å². The quantitative estimate of drug-likeness (QED) is 0.591. The van der Waals surface area contributed by atoms with Crippen LogP contribution < -0.4 is 5.11 Å². The minimum absolute atomic E-state index is 0.367. The second kappa shape index (κ2) is 4.55. The molecule has 1 rings (SSSR count). The van der Waals surface area contributed by atoms with E-state index in [-0.39, 0.29) is 0 Å². The Balaban J connectivity index is 3.18. The molecule has 1 aliphatic heterocycles. The van der Waals surface area contributed by atoms with Gasteiger partial charge in [0.05, 0.1) is 6.54 Å². The maximum Gasteiger partial charge on any atom is 0.268 e. The smallest absolute Gasteiger partial charge is 0.268 e. The molecular weight excluding hydrogens is 302 g/mol. The van der Waals surface area contributed by atoms with Gasteiger partial charge in [0.25, 0.3) is 16.5 Å². The van der Waals surface area contributed by atoms with Crippen molar-refractivity contribution in [2.75, 3.05) is 11.9 Å². The van der Waals surface area contributed by atoms with E-state index in [2.05, 4.69) is 42.1 Å². The highest BCUT2D eigenvalue weighted by Crippen LogP contribution is 2.44. The van der Waals surface area contributed by atoms with E-state index >= 15 is 0 Å². The molecule has 16 heavy (non-hydrogen) atoms. The number of quaternary nitrogens is 1. The van der Waals surface area contributed by atoms with Gasteiger partial charge in [-0.2, -0.15) is 0 Å². The van der Waals surface area contributed by atoms with Crippen molar-refractivity contribution in [1.29, 1.82) is 0 Å². The molecule has 0 N–H and O–H groups in total. The van der Waals surface area contributed by atoms with E-state index in [1.165, 1.54) is 0 Å². The number of carbonyl (C=O) groups is 1. The van der Waals surface area contributed by atoms with E-state index in [1.807, 2.05) is 0 Å². The van der Waals surface area contributed by atoms with Crippen LogP contribution in [0.2, 0.25) is 38.3 Å². The normalized spacial score (nSPS) is 25.6. The van der Waals surface area contributed by atoms with Crippen molar-refractivity contribution in [1.82, 2.24) is 0 Å². The first kappa shape index (κ1) is 14.4. The summed E-state index contributed by atoms with van der Waals surface area (Å²) < 4.78 is 0.367. The number of alkyl halides is 1. The molecule has 1 heterocycles. The summed E-state index contributed by atoms with van der Waals surface area (Å²) in [6.07, 6.45) is 0.132. The van der Waals surface area contributed by atoms with Gasteiger partial charge in [-0.1, -0.05) is 15.9 Å². The van der Waals surface area contributed by atoms with Crippen molar-refractivity contribution < 1.29 is 13.7 Å². The highest BCUT2D eigenvalue weighted by Gasteiger charge is 2.63. The van der Waals surface area contributed by atoms with Gasteiger partial charge in [0.15, 0.2) is 0 Å². The molecule has 1 aliphatic rings. The lowest BCUT2D eigenvalue weighted by atomic mass is 10.5. The molecule has 0 unspecified atom stereocenters. The molecule has 0 atom stereocenters. The molecular formula is C10H22BrNO2Si2. The zero-order chi connectivity index (χ0) is 12.6. The molecule has 0 bridgehead atoms. The first-order chi connectivity index (χ1) is 7.21. The number of carboxylic acid groups (broad SMARTS) is 1. The third-order valence-electron chi connectivity index (χ3n) is 4.35. The Bertz CT molecular complexity index is 279. The number of amides is 1. The molecule has 0 spiro atoms. The second-order valence-electron chi connectivity index (χ2n) is 5.97. The van der Waals surface area contributed by atoms with Gasteiger partial charge in [0, 0.05) is 11.8 Å². The molecule has 0 aromatic rings. The van der Waals surface area contributed by atoms with Crippen molar-refractivity contribution in [3.63, 3.8) is 0 Å². The van der Waals surface area contributed by atoms with Crippen LogP contribution in [0.25, 0.3) is 0 Å². The number of carbonyl (C=O) groups excluding carboxylic acids is 1. The number of nitrogens with zero attached hydrogens (tertiary/aromatic N) is 1. The van der Waals surface area contributed by atoms with Crippen molar-refractivity contribution in [2.45, 2.75) is 44.7 Å². The number of hydrogen-bond donors (Lipinski definition) is 0. The van der Waals surface area contributed by atoms with Gasteiger partial charge in [-0.3, -0.25) is 0 Å². The second-order valence-corrected chi connectivity index (χ2v) is 17.0. The van der Waals surface area contributed by atoms with Gasteiger partial charge in [0.1, 0.15) is 0 Å². The van der Waals surface area contributed by atoms with Gasteiger partial charge in [0.2, 0.25) is 6.09 Å². The van der Waals surface area contributed by atoms with Gasteiger partial charge >= 0.3 is 0 Å². The molecule has 0 saturated carbocycles. The Hall–Kier alpha value is 0.344. The van der Waals surface area contributed by atoms with Gasteiger partial charge < -0.3 is 13.7 Å². The summed E-state index contributed by atoms with van der Waals surface area (Å²) in [7, 11) is -3.48. The summed E-state index contributed by atoms with van der Waals surface area (Å²) in [4.78, 5) is 11.8. The zero-order valence-electron chi connectivity index (χ0n) is 10.7. The molecule has 6 heteroatoms. The molecule has 94 valence electrons. The molecule has 1 saturated heterocycles. The average molecular weight is 324 g/mol. The van der Waals surface area contributed by atoms with E-state index in [9.17, 15) is 9.90 Å². The van der Waals surface area contributed by atoms with Crippen LogP contribution in [0.4, 0.5) is 4.79 Å². The third-order valence-corrected chi connectivity index (χ3v) is 16.9. The van der Waals surface area contributed by atoms with Crippen LogP contribution in [0.3, 0.4) is 0 Å². The molecule has 0 aromatic heterocycles. The Morgan fingerprint density at radius 3 is 2.00 bits per heavy atom. The summed E-state index contributed by atoms with van der Waals surface area (Å²) >= 11 is 3.41. The van der Waals surface area contributed by atoms with E-state index in [0.29, 0.717) is 3.81 Å². The Kier molecular flexibility index (Phi) is 4.10. The zero-order valence-corrected chi connectivity index (χ0v) is 14.3.